The van der Waals surface area contributed by atoms with Crippen molar-refractivity contribution in [1.82, 2.24) is 4.98 Å². The van der Waals surface area contributed by atoms with Gasteiger partial charge in [-0.3, -0.25) is 4.98 Å². The van der Waals surface area contributed by atoms with Crippen molar-refractivity contribution in [2.75, 3.05) is 31.7 Å². The molecule has 5 nitrogen and oxygen atoms in total. The number of rotatable bonds is 4. The van der Waals surface area contributed by atoms with Crippen LogP contribution in [-0.4, -0.2) is 43.9 Å². The lowest BCUT2D eigenvalue weighted by atomic mass is 10.1. The summed E-state index contributed by atoms with van der Waals surface area (Å²) >= 11 is 0. The van der Waals surface area contributed by atoms with Crippen LogP contribution in [0.3, 0.4) is 0 Å². The summed E-state index contributed by atoms with van der Waals surface area (Å²) in [4.78, 5) is 18.6. The average Bonchev–Trinajstić information content (AvgIpc) is 2.45. The number of hydrogen-bond acceptors (Lipinski definition) is 5. The van der Waals surface area contributed by atoms with Gasteiger partial charge in [0.2, 0.25) is 0 Å². The summed E-state index contributed by atoms with van der Waals surface area (Å²) in [5.41, 5.74) is 2.44. The molecule has 110 valence electrons. The lowest BCUT2D eigenvalue weighted by Gasteiger charge is -2.40. The minimum Gasteiger partial charge on any atom is -0.462 e. The number of benzene rings is 1. The molecule has 1 fully saturated rings. The first-order valence-electron chi connectivity index (χ1n) is 7.06. The third kappa shape index (κ3) is 2.56. The maximum atomic E-state index is 12.0. The van der Waals surface area contributed by atoms with Crippen molar-refractivity contribution in [1.29, 1.82) is 0 Å². The predicted molar refractivity (Wildman–Crippen MR) is 80.7 cm³/mol. The molecule has 5 heteroatoms. The predicted octanol–water partition coefficient (Wildman–Crippen LogP) is 2.25. The lowest BCUT2D eigenvalue weighted by Crippen LogP contribution is -2.51. The van der Waals surface area contributed by atoms with Gasteiger partial charge in [-0.05, 0) is 31.2 Å². The van der Waals surface area contributed by atoms with Crippen molar-refractivity contribution < 1.29 is 14.3 Å². The van der Waals surface area contributed by atoms with Gasteiger partial charge in [0.15, 0.2) is 0 Å². The number of esters is 1. The number of ether oxygens (including phenoxy) is 2. The zero-order valence-corrected chi connectivity index (χ0v) is 12.2. The molecule has 0 aliphatic carbocycles. The molecule has 3 rings (SSSR count). The van der Waals surface area contributed by atoms with Gasteiger partial charge in [0.25, 0.3) is 0 Å². The summed E-state index contributed by atoms with van der Waals surface area (Å²) in [5, 5.41) is 0.828. The summed E-state index contributed by atoms with van der Waals surface area (Å²) in [6.45, 7) is 3.91. The maximum absolute atomic E-state index is 12.0. The zero-order chi connectivity index (χ0) is 14.8. The SMILES string of the molecule is CCOC(=O)c1ccnc2ccc(N3CC(OC)C3)cc12. The molecule has 1 saturated heterocycles. The first-order valence-corrected chi connectivity index (χ1v) is 7.06. The smallest absolute Gasteiger partial charge is 0.338 e. The highest BCUT2D eigenvalue weighted by atomic mass is 16.5. The lowest BCUT2D eigenvalue weighted by molar-refractivity contribution is 0.0528. The van der Waals surface area contributed by atoms with Crippen LogP contribution in [0.25, 0.3) is 10.9 Å². The topological polar surface area (TPSA) is 51.7 Å². The van der Waals surface area contributed by atoms with E-state index in [1.165, 1.54) is 0 Å². The second kappa shape index (κ2) is 5.69. The fourth-order valence-corrected chi connectivity index (χ4v) is 2.52. The molecule has 1 aromatic carbocycles. The molecule has 2 aromatic rings. The molecule has 0 atom stereocenters. The van der Waals surface area contributed by atoms with Gasteiger partial charge in [-0.1, -0.05) is 0 Å². The molecule has 21 heavy (non-hydrogen) atoms. The average molecular weight is 286 g/mol. The van der Waals surface area contributed by atoms with E-state index in [1.54, 1.807) is 26.3 Å². The monoisotopic (exact) mass is 286 g/mol. The molecule has 0 saturated carbocycles. The van der Waals surface area contributed by atoms with Gasteiger partial charge in [-0.2, -0.15) is 0 Å². The van der Waals surface area contributed by atoms with Gasteiger partial charge in [-0.15, -0.1) is 0 Å². The van der Waals surface area contributed by atoms with Crippen LogP contribution in [0, 0.1) is 0 Å². The van der Waals surface area contributed by atoms with E-state index in [0.29, 0.717) is 18.3 Å². The Morgan fingerprint density at radius 3 is 2.90 bits per heavy atom. The van der Waals surface area contributed by atoms with E-state index in [1.807, 2.05) is 18.2 Å². The Labute approximate surface area is 123 Å². The largest absolute Gasteiger partial charge is 0.462 e. The van der Waals surface area contributed by atoms with Crippen LogP contribution >= 0.6 is 0 Å². The molecule has 1 aliphatic rings. The second-order valence-electron chi connectivity index (χ2n) is 5.04. The first-order chi connectivity index (χ1) is 10.2. The Morgan fingerprint density at radius 1 is 1.38 bits per heavy atom. The number of methoxy groups -OCH3 is 1. The summed E-state index contributed by atoms with van der Waals surface area (Å²) in [6, 6.07) is 7.67. The van der Waals surface area contributed by atoms with Crippen LogP contribution in [0.2, 0.25) is 0 Å². The third-order valence-electron chi connectivity index (χ3n) is 3.77. The summed E-state index contributed by atoms with van der Waals surface area (Å²) in [5.74, 6) is -0.305. The molecule has 1 aromatic heterocycles. The van der Waals surface area contributed by atoms with Crippen molar-refractivity contribution >= 4 is 22.6 Å². The van der Waals surface area contributed by atoms with Gasteiger partial charge in [0, 0.05) is 37.5 Å². The van der Waals surface area contributed by atoms with Crippen LogP contribution < -0.4 is 4.90 Å². The van der Waals surface area contributed by atoms with Gasteiger partial charge in [0.05, 0.1) is 23.8 Å². The molecule has 0 radical (unpaired) electrons. The first kappa shape index (κ1) is 13.8. The number of carbonyl (C=O) groups excluding carboxylic acids is 1. The van der Waals surface area contributed by atoms with E-state index in [9.17, 15) is 4.79 Å². The number of pyridine rings is 1. The number of fused-ring (bicyclic) bond motifs is 1. The zero-order valence-electron chi connectivity index (χ0n) is 12.2. The Hall–Kier alpha value is -2.14. The highest BCUT2D eigenvalue weighted by Crippen LogP contribution is 2.27. The number of aromatic nitrogens is 1. The van der Waals surface area contributed by atoms with E-state index in [-0.39, 0.29) is 5.97 Å². The normalized spacial score (nSPS) is 15.0. The Bertz CT molecular complexity index is 666. The van der Waals surface area contributed by atoms with E-state index in [2.05, 4.69) is 9.88 Å². The summed E-state index contributed by atoms with van der Waals surface area (Å²) in [7, 11) is 1.73. The standard InChI is InChI=1S/C16H18N2O3/c1-3-21-16(19)13-6-7-17-15-5-4-11(8-14(13)15)18-9-12(10-18)20-2/h4-8,12H,3,9-10H2,1-2H3. The van der Waals surface area contributed by atoms with E-state index >= 15 is 0 Å². The highest BCUT2D eigenvalue weighted by Gasteiger charge is 2.26. The van der Waals surface area contributed by atoms with Gasteiger partial charge < -0.3 is 14.4 Å². The van der Waals surface area contributed by atoms with Crippen LogP contribution in [0.15, 0.2) is 30.5 Å². The summed E-state index contributed by atoms with van der Waals surface area (Å²) < 4.78 is 10.4. The minimum atomic E-state index is -0.305. The van der Waals surface area contributed by atoms with Crippen molar-refractivity contribution in [3.63, 3.8) is 0 Å². The molecule has 0 N–H and O–H groups in total. The Morgan fingerprint density at radius 2 is 2.19 bits per heavy atom. The molecule has 0 bridgehead atoms. The number of carbonyl (C=O) groups is 1. The fourth-order valence-electron chi connectivity index (χ4n) is 2.52. The van der Waals surface area contributed by atoms with Crippen LogP contribution in [0.4, 0.5) is 5.69 Å². The molecule has 0 spiro atoms. The van der Waals surface area contributed by atoms with Crippen molar-refractivity contribution in [2.24, 2.45) is 0 Å². The van der Waals surface area contributed by atoms with Crippen LogP contribution in [-0.2, 0) is 9.47 Å². The maximum Gasteiger partial charge on any atom is 0.338 e. The summed E-state index contributed by atoms with van der Waals surface area (Å²) in [6.07, 6.45) is 1.93. The molecule has 1 aliphatic heterocycles. The number of anilines is 1. The van der Waals surface area contributed by atoms with Crippen LogP contribution in [0.5, 0.6) is 0 Å². The minimum absolute atomic E-state index is 0.291. The molecule has 2 heterocycles. The van der Waals surface area contributed by atoms with Gasteiger partial charge >= 0.3 is 5.97 Å². The van der Waals surface area contributed by atoms with Crippen molar-refractivity contribution in [3.8, 4) is 0 Å². The quantitative estimate of drug-likeness (QED) is 0.807. The molecular weight excluding hydrogens is 268 g/mol. The molecule has 0 unspecified atom stereocenters. The molecular formula is C16H18N2O3. The Kier molecular flexibility index (Phi) is 3.75. The van der Waals surface area contributed by atoms with Crippen molar-refractivity contribution in [3.05, 3.63) is 36.0 Å². The second-order valence-corrected chi connectivity index (χ2v) is 5.04. The molecule has 0 amide bonds. The third-order valence-corrected chi connectivity index (χ3v) is 3.77. The van der Waals surface area contributed by atoms with Gasteiger partial charge in [-0.25, -0.2) is 4.79 Å². The van der Waals surface area contributed by atoms with E-state index in [0.717, 1.165) is 29.7 Å². The number of hydrogen-bond donors (Lipinski definition) is 0. The van der Waals surface area contributed by atoms with Gasteiger partial charge in [0.1, 0.15) is 0 Å². The van der Waals surface area contributed by atoms with E-state index < -0.39 is 0 Å². The van der Waals surface area contributed by atoms with E-state index in [4.69, 9.17) is 9.47 Å². The highest BCUT2D eigenvalue weighted by molar-refractivity contribution is 6.04. The fraction of sp³-hybridized carbons (Fsp3) is 0.375. The van der Waals surface area contributed by atoms with Crippen LogP contribution in [0.1, 0.15) is 17.3 Å². The van der Waals surface area contributed by atoms with Crippen molar-refractivity contribution in [2.45, 2.75) is 13.0 Å². The Balaban J connectivity index is 1.95. The number of nitrogens with zero attached hydrogens (tertiary/aromatic N) is 2.